The van der Waals surface area contributed by atoms with Gasteiger partial charge >= 0.3 is 0 Å². The number of hydrogen-bond donors (Lipinski definition) is 3. The zero-order chi connectivity index (χ0) is 23.9. The summed E-state index contributed by atoms with van der Waals surface area (Å²) in [5, 5.41) is 16.0. The van der Waals surface area contributed by atoms with Crippen molar-refractivity contribution >= 4 is 23.4 Å². The van der Waals surface area contributed by atoms with Gasteiger partial charge in [-0.2, -0.15) is 0 Å². The second-order valence-electron chi connectivity index (χ2n) is 9.59. The molecular formula is C25H35N3O5. The van der Waals surface area contributed by atoms with Crippen LogP contribution in [0.2, 0.25) is 0 Å². The van der Waals surface area contributed by atoms with Gasteiger partial charge in [0, 0.05) is 12.2 Å². The van der Waals surface area contributed by atoms with Crippen LogP contribution in [0.5, 0.6) is 0 Å². The second-order valence-corrected chi connectivity index (χ2v) is 9.59. The number of hydrogen-bond acceptors (Lipinski definition) is 5. The lowest BCUT2D eigenvalue weighted by molar-refractivity contribution is -0.144. The van der Waals surface area contributed by atoms with Crippen LogP contribution in [0.1, 0.15) is 50.7 Å². The van der Waals surface area contributed by atoms with Gasteiger partial charge in [0.15, 0.2) is 0 Å². The smallest absolute Gasteiger partial charge is 0.250 e. The Bertz CT molecular complexity index is 926. The monoisotopic (exact) mass is 457 g/mol. The quantitative estimate of drug-likeness (QED) is 0.553. The van der Waals surface area contributed by atoms with E-state index < -0.39 is 29.5 Å². The standard InChI is InChI=1S/C25H35N3O5/c1-5-12-26-22(30)18-17-10-11-25(33-17)19(18)24(32)28(16(6-2)13-29)21(25)23(31)27-20-14(3)8-7-9-15(20)4/h7-9,16-19,21,29H,5-6,10-13H2,1-4H3,(H,26,30)(H,27,31)/t16-,17-,18+,19-,21?,25?/m0/s1. The van der Waals surface area contributed by atoms with Crippen LogP contribution in [0.4, 0.5) is 5.69 Å². The number of nitrogens with one attached hydrogen (secondary N) is 2. The Morgan fingerprint density at radius 3 is 2.55 bits per heavy atom. The summed E-state index contributed by atoms with van der Waals surface area (Å²) in [6.45, 7) is 7.98. The highest BCUT2D eigenvalue weighted by Gasteiger charge is 2.75. The molecular weight excluding hydrogens is 422 g/mol. The van der Waals surface area contributed by atoms with Gasteiger partial charge in [-0.1, -0.05) is 32.0 Å². The minimum absolute atomic E-state index is 0.186. The molecule has 3 heterocycles. The Hall–Kier alpha value is -2.45. The van der Waals surface area contributed by atoms with Crippen molar-refractivity contribution < 1.29 is 24.2 Å². The van der Waals surface area contributed by atoms with Crippen molar-refractivity contribution in [1.29, 1.82) is 0 Å². The van der Waals surface area contributed by atoms with E-state index in [2.05, 4.69) is 10.6 Å². The highest BCUT2D eigenvalue weighted by atomic mass is 16.5. The van der Waals surface area contributed by atoms with Crippen molar-refractivity contribution in [3.8, 4) is 0 Å². The zero-order valence-electron chi connectivity index (χ0n) is 19.9. The third-order valence-corrected chi connectivity index (χ3v) is 7.64. The highest BCUT2D eigenvalue weighted by Crippen LogP contribution is 2.59. The van der Waals surface area contributed by atoms with E-state index in [1.807, 2.05) is 45.9 Å². The number of aliphatic hydroxyl groups is 1. The van der Waals surface area contributed by atoms with Crippen molar-refractivity contribution in [2.75, 3.05) is 18.5 Å². The summed E-state index contributed by atoms with van der Waals surface area (Å²) in [5.74, 6) is -2.12. The minimum Gasteiger partial charge on any atom is -0.394 e. The third-order valence-electron chi connectivity index (χ3n) is 7.64. The van der Waals surface area contributed by atoms with Crippen LogP contribution in [0, 0.1) is 25.7 Å². The molecule has 0 saturated carbocycles. The first kappa shape index (κ1) is 23.7. The second kappa shape index (κ2) is 9.06. The van der Waals surface area contributed by atoms with Crippen LogP contribution < -0.4 is 10.6 Å². The lowest BCUT2D eigenvalue weighted by atomic mass is 9.70. The molecule has 6 atom stereocenters. The fourth-order valence-electron chi connectivity index (χ4n) is 6.07. The van der Waals surface area contributed by atoms with Crippen LogP contribution in [0.3, 0.4) is 0 Å². The van der Waals surface area contributed by atoms with Gasteiger partial charge in [0.05, 0.1) is 30.6 Å². The Morgan fingerprint density at radius 1 is 1.24 bits per heavy atom. The van der Waals surface area contributed by atoms with Crippen molar-refractivity contribution in [3.63, 3.8) is 0 Å². The van der Waals surface area contributed by atoms with Crippen LogP contribution in [-0.2, 0) is 19.1 Å². The van der Waals surface area contributed by atoms with E-state index in [9.17, 15) is 19.5 Å². The lowest BCUT2D eigenvalue weighted by Gasteiger charge is -2.36. The summed E-state index contributed by atoms with van der Waals surface area (Å²) >= 11 is 0. The molecule has 1 aromatic carbocycles. The van der Waals surface area contributed by atoms with Gasteiger partial charge < -0.3 is 25.4 Å². The molecule has 8 nitrogen and oxygen atoms in total. The summed E-state index contributed by atoms with van der Waals surface area (Å²) in [6.07, 6.45) is 2.08. The van der Waals surface area contributed by atoms with Crippen molar-refractivity contribution in [3.05, 3.63) is 29.3 Å². The topological polar surface area (TPSA) is 108 Å². The molecule has 3 amide bonds. The fraction of sp³-hybridized carbons (Fsp3) is 0.640. The van der Waals surface area contributed by atoms with Crippen LogP contribution in [0.25, 0.3) is 0 Å². The molecule has 3 aliphatic rings. The van der Waals surface area contributed by atoms with Crippen LogP contribution in [-0.4, -0.2) is 64.7 Å². The van der Waals surface area contributed by atoms with Crippen molar-refractivity contribution in [2.45, 2.75) is 77.2 Å². The first-order chi connectivity index (χ1) is 15.8. The Kier molecular flexibility index (Phi) is 6.51. The first-order valence-corrected chi connectivity index (χ1v) is 12.1. The number of rotatable bonds is 8. The maximum absolute atomic E-state index is 13.8. The molecule has 3 N–H and O–H groups in total. The molecule has 3 fully saturated rings. The number of ether oxygens (including phenoxy) is 1. The number of carbonyl (C=O) groups excluding carboxylic acids is 3. The van der Waals surface area contributed by atoms with E-state index in [0.717, 1.165) is 23.2 Å². The van der Waals surface area contributed by atoms with Gasteiger partial charge in [0.2, 0.25) is 17.7 Å². The minimum atomic E-state index is -1.06. The van der Waals surface area contributed by atoms with Crippen molar-refractivity contribution in [1.82, 2.24) is 10.2 Å². The van der Waals surface area contributed by atoms with E-state index in [1.54, 1.807) is 0 Å². The van der Waals surface area contributed by atoms with Gasteiger partial charge in [-0.15, -0.1) is 0 Å². The average Bonchev–Trinajstić information content (AvgIpc) is 3.43. The number of nitrogens with zero attached hydrogens (tertiary/aromatic N) is 1. The number of benzene rings is 1. The summed E-state index contributed by atoms with van der Waals surface area (Å²) in [5.41, 5.74) is 1.52. The fourth-order valence-corrected chi connectivity index (χ4v) is 6.07. The number of anilines is 1. The zero-order valence-corrected chi connectivity index (χ0v) is 19.9. The Morgan fingerprint density at radius 2 is 1.94 bits per heavy atom. The Labute approximate surface area is 195 Å². The van der Waals surface area contributed by atoms with E-state index >= 15 is 0 Å². The molecule has 0 aliphatic carbocycles. The molecule has 2 bridgehead atoms. The normalized spacial score (nSPS) is 30.9. The Balaban J connectivity index is 1.73. The summed E-state index contributed by atoms with van der Waals surface area (Å²) in [6, 6.07) is 4.36. The average molecular weight is 458 g/mol. The number of amides is 3. The number of fused-ring (bicyclic) bond motifs is 1. The van der Waals surface area contributed by atoms with Gasteiger partial charge in [-0.25, -0.2) is 0 Å². The lowest BCUT2D eigenvalue weighted by Crippen LogP contribution is -2.56. The van der Waals surface area contributed by atoms with Crippen molar-refractivity contribution in [2.24, 2.45) is 11.8 Å². The molecule has 1 aromatic rings. The van der Waals surface area contributed by atoms with Crippen LogP contribution in [0.15, 0.2) is 18.2 Å². The number of aryl methyl sites for hydroxylation is 2. The van der Waals surface area contributed by atoms with Gasteiger partial charge in [0.1, 0.15) is 11.6 Å². The van der Waals surface area contributed by atoms with E-state index in [0.29, 0.717) is 25.8 Å². The molecule has 4 rings (SSSR count). The molecule has 33 heavy (non-hydrogen) atoms. The van der Waals surface area contributed by atoms with Gasteiger partial charge in [-0.05, 0) is 50.7 Å². The highest BCUT2D eigenvalue weighted by molar-refractivity contribution is 6.04. The molecule has 8 heteroatoms. The van der Waals surface area contributed by atoms with Gasteiger partial charge in [-0.3, -0.25) is 14.4 Å². The number of para-hydroxylation sites is 1. The maximum Gasteiger partial charge on any atom is 0.250 e. The number of likely N-dealkylation sites (tertiary alicyclic amines) is 1. The molecule has 2 unspecified atom stereocenters. The maximum atomic E-state index is 13.8. The predicted molar refractivity (Wildman–Crippen MR) is 123 cm³/mol. The largest absolute Gasteiger partial charge is 0.394 e. The van der Waals surface area contributed by atoms with E-state index in [1.165, 1.54) is 4.90 Å². The molecule has 1 spiro atoms. The van der Waals surface area contributed by atoms with E-state index in [-0.39, 0.29) is 30.4 Å². The van der Waals surface area contributed by atoms with Gasteiger partial charge in [0.25, 0.3) is 0 Å². The summed E-state index contributed by atoms with van der Waals surface area (Å²) in [4.78, 5) is 42.2. The van der Waals surface area contributed by atoms with Crippen LogP contribution >= 0.6 is 0 Å². The van der Waals surface area contributed by atoms with E-state index in [4.69, 9.17) is 4.74 Å². The summed E-state index contributed by atoms with van der Waals surface area (Å²) < 4.78 is 6.40. The first-order valence-electron chi connectivity index (χ1n) is 12.1. The molecule has 3 aliphatic heterocycles. The molecule has 0 aromatic heterocycles. The molecule has 0 radical (unpaired) electrons. The predicted octanol–water partition coefficient (Wildman–Crippen LogP) is 1.91. The number of carbonyl (C=O) groups is 3. The summed E-state index contributed by atoms with van der Waals surface area (Å²) in [7, 11) is 0. The molecule has 180 valence electrons. The third kappa shape index (κ3) is 3.64. The molecule has 3 saturated heterocycles. The number of aliphatic hydroxyl groups excluding tert-OH is 1. The SMILES string of the molecule is CCCNC(=O)[C@@H]1[C@@H]2CCC3(O2)C(C(=O)Nc2c(C)cccc2C)N([C@@H](CC)CO)C(=O)[C@H]13.